The standard InChI is InChI=1S/C10H8N4O4S/c1-18-8-3-2-6(4-7(8)14(16)17)9(15)12-10-13-11-5-19-10/h2-5H,1H3,(H,12,13,15). The molecule has 2 rings (SSSR count). The Kier molecular flexibility index (Phi) is 3.66. The Morgan fingerprint density at radius 3 is 2.89 bits per heavy atom. The van der Waals surface area contributed by atoms with E-state index >= 15 is 0 Å². The van der Waals surface area contributed by atoms with Gasteiger partial charge in [-0.15, -0.1) is 10.2 Å². The number of rotatable bonds is 4. The largest absolute Gasteiger partial charge is 0.490 e. The van der Waals surface area contributed by atoms with Crippen molar-refractivity contribution < 1.29 is 14.5 Å². The zero-order chi connectivity index (χ0) is 13.8. The van der Waals surface area contributed by atoms with Crippen LogP contribution >= 0.6 is 11.3 Å². The molecule has 0 unspecified atom stereocenters. The molecule has 0 aliphatic rings. The van der Waals surface area contributed by atoms with E-state index in [1.807, 2.05) is 0 Å². The topological polar surface area (TPSA) is 107 Å². The highest BCUT2D eigenvalue weighted by molar-refractivity contribution is 7.13. The minimum atomic E-state index is -0.611. The predicted octanol–water partition coefficient (Wildman–Crippen LogP) is 1.71. The molecule has 0 radical (unpaired) electrons. The minimum Gasteiger partial charge on any atom is -0.490 e. The van der Waals surface area contributed by atoms with Gasteiger partial charge in [-0.25, -0.2) is 0 Å². The average molecular weight is 280 g/mol. The van der Waals surface area contributed by atoms with E-state index in [0.29, 0.717) is 5.13 Å². The van der Waals surface area contributed by atoms with Crippen molar-refractivity contribution in [3.8, 4) is 5.75 Å². The highest BCUT2D eigenvalue weighted by atomic mass is 32.1. The predicted molar refractivity (Wildman–Crippen MR) is 67.5 cm³/mol. The Morgan fingerprint density at radius 1 is 1.53 bits per heavy atom. The van der Waals surface area contributed by atoms with Gasteiger partial charge in [-0.2, -0.15) is 0 Å². The lowest BCUT2D eigenvalue weighted by molar-refractivity contribution is -0.385. The van der Waals surface area contributed by atoms with Gasteiger partial charge in [-0.1, -0.05) is 11.3 Å². The minimum absolute atomic E-state index is 0.0949. The van der Waals surface area contributed by atoms with E-state index in [9.17, 15) is 14.9 Å². The third-order valence-electron chi connectivity index (χ3n) is 2.22. The molecule has 0 aliphatic heterocycles. The molecule has 0 atom stereocenters. The fraction of sp³-hybridized carbons (Fsp3) is 0.100. The summed E-state index contributed by atoms with van der Waals surface area (Å²) in [6.07, 6.45) is 0. The van der Waals surface area contributed by atoms with Crippen molar-refractivity contribution in [2.24, 2.45) is 0 Å². The van der Waals surface area contributed by atoms with E-state index in [4.69, 9.17) is 4.74 Å². The van der Waals surface area contributed by atoms with Crippen molar-refractivity contribution >= 4 is 28.1 Å². The molecule has 1 N–H and O–H groups in total. The molecule has 0 aliphatic carbocycles. The average Bonchev–Trinajstić information content (AvgIpc) is 2.90. The molecule has 1 heterocycles. The van der Waals surface area contributed by atoms with Crippen LogP contribution in [0.3, 0.4) is 0 Å². The maximum Gasteiger partial charge on any atom is 0.311 e. The number of nitrogens with zero attached hydrogens (tertiary/aromatic N) is 3. The van der Waals surface area contributed by atoms with Crippen LogP contribution in [0.2, 0.25) is 0 Å². The fourth-order valence-electron chi connectivity index (χ4n) is 1.37. The smallest absolute Gasteiger partial charge is 0.311 e. The van der Waals surface area contributed by atoms with E-state index < -0.39 is 10.8 Å². The number of aromatic nitrogens is 2. The van der Waals surface area contributed by atoms with E-state index in [1.54, 1.807) is 0 Å². The van der Waals surface area contributed by atoms with Gasteiger partial charge in [0.15, 0.2) is 5.75 Å². The quantitative estimate of drug-likeness (QED) is 0.674. The van der Waals surface area contributed by atoms with Crippen LogP contribution < -0.4 is 10.1 Å². The molecule has 0 spiro atoms. The Hall–Kier alpha value is -2.55. The van der Waals surface area contributed by atoms with Crippen molar-refractivity contribution in [1.29, 1.82) is 0 Å². The summed E-state index contributed by atoms with van der Waals surface area (Å²) in [4.78, 5) is 22.1. The molecule has 1 aromatic heterocycles. The van der Waals surface area contributed by atoms with Crippen LogP contribution in [0.25, 0.3) is 0 Å². The van der Waals surface area contributed by atoms with Crippen LogP contribution in [-0.2, 0) is 0 Å². The van der Waals surface area contributed by atoms with Gasteiger partial charge in [0.2, 0.25) is 5.13 Å². The summed E-state index contributed by atoms with van der Waals surface area (Å²) in [5, 5.41) is 20.9. The number of hydrogen-bond donors (Lipinski definition) is 1. The maximum absolute atomic E-state index is 11.9. The number of benzene rings is 1. The first-order chi connectivity index (χ1) is 9.11. The molecular formula is C10H8N4O4S. The molecule has 1 amide bonds. The normalized spacial score (nSPS) is 9.95. The molecule has 19 heavy (non-hydrogen) atoms. The van der Waals surface area contributed by atoms with Gasteiger partial charge in [0, 0.05) is 11.6 Å². The molecule has 0 fully saturated rings. The number of ether oxygens (including phenoxy) is 1. The van der Waals surface area contributed by atoms with Crippen molar-refractivity contribution in [2.45, 2.75) is 0 Å². The van der Waals surface area contributed by atoms with Gasteiger partial charge in [0.1, 0.15) is 5.51 Å². The Morgan fingerprint density at radius 2 is 2.32 bits per heavy atom. The van der Waals surface area contributed by atoms with Crippen LogP contribution in [0, 0.1) is 10.1 Å². The SMILES string of the molecule is COc1ccc(C(=O)Nc2nncs2)cc1[N+](=O)[O-]. The van der Waals surface area contributed by atoms with E-state index in [0.717, 1.165) is 17.4 Å². The van der Waals surface area contributed by atoms with E-state index in [2.05, 4.69) is 15.5 Å². The number of nitro benzene ring substituents is 1. The molecule has 2 aromatic rings. The zero-order valence-electron chi connectivity index (χ0n) is 9.69. The number of carbonyl (C=O) groups is 1. The summed E-state index contributed by atoms with van der Waals surface area (Å²) in [6.45, 7) is 0. The molecule has 8 nitrogen and oxygen atoms in total. The van der Waals surface area contributed by atoms with Crippen molar-refractivity contribution in [3.63, 3.8) is 0 Å². The molecule has 9 heteroatoms. The molecule has 0 saturated carbocycles. The number of amides is 1. The molecular weight excluding hydrogens is 272 g/mol. The lowest BCUT2D eigenvalue weighted by atomic mass is 10.2. The first-order valence-electron chi connectivity index (χ1n) is 5.01. The van der Waals surface area contributed by atoms with E-state index in [-0.39, 0.29) is 17.0 Å². The van der Waals surface area contributed by atoms with Crippen LogP contribution in [0.1, 0.15) is 10.4 Å². The second-order valence-corrected chi connectivity index (χ2v) is 4.17. The van der Waals surface area contributed by atoms with Gasteiger partial charge < -0.3 is 4.74 Å². The molecule has 0 bridgehead atoms. The molecule has 0 saturated heterocycles. The van der Waals surface area contributed by atoms with Crippen molar-refractivity contribution in [3.05, 3.63) is 39.4 Å². The van der Waals surface area contributed by atoms with Crippen molar-refractivity contribution in [1.82, 2.24) is 10.2 Å². The van der Waals surface area contributed by atoms with Crippen LogP contribution in [0.5, 0.6) is 5.75 Å². The Bertz CT molecular complexity index is 614. The number of anilines is 1. The highest BCUT2D eigenvalue weighted by Crippen LogP contribution is 2.27. The van der Waals surface area contributed by atoms with Gasteiger partial charge in [0.05, 0.1) is 12.0 Å². The Labute approximate surface area is 111 Å². The van der Waals surface area contributed by atoms with E-state index in [1.165, 1.54) is 24.8 Å². The lowest BCUT2D eigenvalue weighted by Gasteiger charge is -2.04. The molecule has 1 aromatic carbocycles. The third kappa shape index (κ3) is 2.83. The number of nitro groups is 1. The summed E-state index contributed by atoms with van der Waals surface area (Å²) in [5.41, 5.74) is 1.33. The van der Waals surface area contributed by atoms with Gasteiger partial charge in [-0.05, 0) is 12.1 Å². The summed E-state index contributed by atoms with van der Waals surface area (Å²) in [6, 6.07) is 3.95. The summed E-state index contributed by atoms with van der Waals surface area (Å²) in [7, 11) is 1.32. The highest BCUT2D eigenvalue weighted by Gasteiger charge is 2.18. The lowest BCUT2D eigenvalue weighted by Crippen LogP contribution is -2.12. The summed E-state index contributed by atoms with van der Waals surface area (Å²) < 4.78 is 4.85. The van der Waals surface area contributed by atoms with Crippen LogP contribution in [-0.4, -0.2) is 28.1 Å². The van der Waals surface area contributed by atoms with Gasteiger partial charge in [-0.3, -0.25) is 20.2 Å². The van der Waals surface area contributed by atoms with Crippen LogP contribution in [0.15, 0.2) is 23.7 Å². The number of hydrogen-bond acceptors (Lipinski definition) is 7. The van der Waals surface area contributed by atoms with Crippen molar-refractivity contribution in [2.75, 3.05) is 12.4 Å². The van der Waals surface area contributed by atoms with Gasteiger partial charge >= 0.3 is 5.69 Å². The molecule has 98 valence electrons. The monoisotopic (exact) mass is 280 g/mol. The zero-order valence-corrected chi connectivity index (χ0v) is 10.5. The third-order valence-corrected chi connectivity index (χ3v) is 2.82. The fourth-order valence-corrected chi connectivity index (χ4v) is 1.81. The Balaban J connectivity index is 2.27. The second-order valence-electron chi connectivity index (χ2n) is 3.34. The first-order valence-corrected chi connectivity index (χ1v) is 5.89. The number of nitrogens with one attached hydrogen (secondary N) is 1. The number of carbonyl (C=O) groups excluding carboxylic acids is 1. The van der Waals surface area contributed by atoms with Crippen LogP contribution in [0.4, 0.5) is 10.8 Å². The summed E-state index contributed by atoms with van der Waals surface area (Å²) in [5.74, 6) is -0.403. The maximum atomic E-state index is 11.9. The number of methoxy groups -OCH3 is 1. The van der Waals surface area contributed by atoms with Gasteiger partial charge in [0.25, 0.3) is 5.91 Å². The second kappa shape index (κ2) is 5.40. The first kappa shape index (κ1) is 12.9. The summed E-state index contributed by atoms with van der Waals surface area (Å²) >= 11 is 1.15.